The van der Waals surface area contributed by atoms with Crippen LogP contribution in [0.5, 0.6) is 0 Å². The third-order valence-electron chi connectivity index (χ3n) is 2.46. The Morgan fingerprint density at radius 2 is 1.71 bits per heavy atom. The second kappa shape index (κ2) is 4.85. The summed E-state index contributed by atoms with van der Waals surface area (Å²) < 4.78 is 0. The molecule has 14 heavy (non-hydrogen) atoms. The molecule has 1 rings (SSSR count). The molecular formula is C12H19NS. The van der Waals surface area contributed by atoms with Crippen molar-refractivity contribution in [1.29, 1.82) is 0 Å². The van der Waals surface area contributed by atoms with Crippen molar-refractivity contribution in [3.8, 4) is 0 Å². The van der Waals surface area contributed by atoms with Crippen LogP contribution in [0.3, 0.4) is 0 Å². The summed E-state index contributed by atoms with van der Waals surface area (Å²) in [6, 6.07) is 4.59. The number of nitrogens with two attached hydrogens (primary N) is 1. The van der Waals surface area contributed by atoms with Gasteiger partial charge >= 0.3 is 0 Å². The lowest BCUT2D eigenvalue weighted by Crippen LogP contribution is -2.15. The van der Waals surface area contributed by atoms with Gasteiger partial charge in [-0.05, 0) is 43.7 Å². The van der Waals surface area contributed by atoms with Crippen LogP contribution in [0.1, 0.15) is 28.3 Å². The van der Waals surface area contributed by atoms with Gasteiger partial charge in [-0.15, -0.1) is 0 Å². The molecule has 1 nitrogen and oxygen atoms in total. The average Bonchev–Trinajstić information content (AvgIpc) is 2.01. The molecule has 2 N–H and O–H groups in total. The van der Waals surface area contributed by atoms with Gasteiger partial charge in [-0.2, -0.15) is 11.8 Å². The van der Waals surface area contributed by atoms with E-state index in [1.165, 1.54) is 22.3 Å². The fraction of sp³-hybridized carbons (Fsp3) is 0.500. The van der Waals surface area contributed by atoms with Crippen LogP contribution in [0.15, 0.2) is 12.1 Å². The predicted octanol–water partition coefficient (Wildman–Crippen LogP) is 2.97. The number of thioether (sulfide) groups is 1. The Bertz CT molecular complexity index is 297. The zero-order valence-electron chi connectivity index (χ0n) is 9.42. The Labute approximate surface area is 91.1 Å². The van der Waals surface area contributed by atoms with E-state index >= 15 is 0 Å². The van der Waals surface area contributed by atoms with Gasteiger partial charge in [-0.3, -0.25) is 0 Å². The monoisotopic (exact) mass is 209 g/mol. The molecule has 0 heterocycles. The standard InChI is InChI=1S/C12H19NS/c1-8-5-9(2)12(10(3)6-8)11(13)7-14-4/h5-6,11H,7,13H2,1-4H3. The summed E-state index contributed by atoms with van der Waals surface area (Å²) in [6.45, 7) is 6.43. The Balaban J connectivity index is 3.07. The first-order valence-electron chi connectivity index (χ1n) is 4.88. The van der Waals surface area contributed by atoms with E-state index < -0.39 is 0 Å². The van der Waals surface area contributed by atoms with E-state index in [9.17, 15) is 0 Å². The molecule has 0 aliphatic heterocycles. The number of rotatable bonds is 3. The normalized spacial score (nSPS) is 12.9. The van der Waals surface area contributed by atoms with Crippen LogP contribution in [0.2, 0.25) is 0 Å². The first-order valence-corrected chi connectivity index (χ1v) is 6.28. The molecule has 0 spiro atoms. The lowest BCUT2D eigenvalue weighted by molar-refractivity contribution is 0.814. The summed E-state index contributed by atoms with van der Waals surface area (Å²) in [4.78, 5) is 0. The summed E-state index contributed by atoms with van der Waals surface area (Å²) in [5, 5.41) is 0. The Kier molecular flexibility index (Phi) is 4.02. The molecular weight excluding hydrogens is 190 g/mol. The SMILES string of the molecule is CSCC(N)c1c(C)cc(C)cc1C. The maximum atomic E-state index is 6.14. The Morgan fingerprint density at radius 3 is 2.14 bits per heavy atom. The van der Waals surface area contributed by atoms with Crippen molar-refractivity contribution in [2.24, 2.45) is 5.73 Å². The van der Waals surface area contributed by atoms with Gasteiger partial charge in [0, 0.05) is 11.8 Å². The van der Waals surface area contributed by atoms with Crippen molar-refractivity contribution in [1.82, 2.24) is 0 Å². The molecule has 1 aromatic carbocycles. The minimum absolute atomic E-state index is 0.172. The third-order valence-corrected chi connectivity index (χ3v) is 3.15. The second-order valence-corrected chi connectivity index (χ2v) is 4.78. The zero-order valence-corrected chi connectivity index (χ0v) is 10.2. The van der Waals surface area contributed by atoms with E-state index in [-0.39, 0.29) is 6.04 Å². The molecule has 1 unspecified atom stereocenters. The highest BCUT2D eigenvalue weighted by Gasteiger charge is 2.11. The van der Waals surface area contributed by atoms with Gasteiger partial charge in [-0.1, -0.05) is 17.7 Å². The predicted molar refractivity (Wildman–Crippen MR) is 66.0 cm³/mol. The fourth-order valence-corrected chi connectivity index (χ4v) is 2.56. The number of hydrogen-bond acceptors (Lipinski definition) is 2. The summed E-state index contributed by atoms with van der Waals surface area (Å²) in [6.07, 6.45) is 2.10. The van der Waals surface area contributed by atoms with E-state index in [1.807, 2.05) is 0 Å². The lowest BCUT2D eigenvalue weighted by atomic mass is 9.95. The van der Waals surface area contributed by atoms with E-state index in [4.69, 9.17) is 5.73 Å². The summed E-state index contributed by atoms with van der Waals surface area (Å²) >= 11 is 1.80. The van der Waals surface area contributed by atoms with E-state index in [1.54, 1.807) is 11.8 Å². The van der Waals surface area contributed by atoms with Gasteiger partial charge in [0.15, 0.2) is 0 Å². The molecule has 0 fully saturated rings. The minimum Gasteiger partial charge on any atom is -0.323 e. The maximum absolute atomic E-state index is 6.14. The third kappa shape index (κ3) is 2.52. The highest BCUT2D eigenvalue weighted by Crippen LogP contribution is 2.23. The zero-order chi connectivity index (χ0) is 10.7. The largest absolute Gasteiger partial charge is 0.323 e. The van der Waals surface area contributed by atoms with Crippen LogP contribution in [-0.4, -0.2) is 12.0 Å². The Morgan fingerprint density at radius 1 is 1.21 bits per heavy atom. The Hall–Kier alpha value is -0.470. The molecule has 0 aliphatic rings. The van der Waals surface area contributed by atoms with Gasteiger partial charge < -0.3 is 5.73 Å². The number of hydrogen-bond donors (Lipinski definition) is 1. The van der Waals surface area contributed by atoms with Crippen molar-refractivity contribution in [2.75, 3.05) is 12.0 Å². The first kappa shape index (κ1) is 11.6. The van der Waals surface area contributed by atoms with Crippen LogP contribution in [0, 0.1) is 20.8 Å². The first-order chi connectivity index (χ1) is 6.56. The summed E-state index contributed by atoms with van der Waals surface area (Å²) in [5.41, 5.74) is 11.4. The second-order valence-electron chi connectivity index (χ2n) is 3.87. The van der Waals surface area contributed by atoms with Crippen molar-refractivity contribution < 1.29 is 0 Å². The maximum Gasteiger partial charge on any atom is 0.0391 e. The van der Waals surface area contributed by atoms with Crippen LogP contribution < -0.4 is 5.73 Å². The molecule has 0 saturated heterocycles. The quantitative estimate of drug-likeness (QED) is 0.828. The molecule has 0 aliphatic carbocycles. The van der Waals surface area contributed by atoms with Gasteiger partial charge in [0.05, 0.1) is 0 Å². The molecule has 0 aromatic heterocycles. The lowest BCUT2D eigenvalue weighted by Gasteiger charge is -2.17. The molecule has 0 bridgehead atoms. The van der Waals surface area contributed by atoms with E-state index in [0.29, 0.717) is 0 Å². The molecule has 1 atom stereocenters. The van der Waals surface area contributed by atoms with Crippen molar-refractivity contribution >= 4 is 11.8 Å². The average molecular weight is 209 g/mol. The number of aryl methyl sites for hydroxylation is 3. The van der Waals surface area contributed by atoms with Gasteiger partial charge in [0.2, 0.25) is 0 Å². The highest BCUT2D eigenvalue weighted by atomic mass is 32.2. The van der Waals surface area contributed by atoms with Crippen molar-refractivity contribution in [2.45, 2.75) is 26.8 Å². The van der Waals surface area contributed by atoms with Crippen LogP contribution >= 0.6 is 11.8 Å². The highest BCUT2D eigenvalue weighted by molar-refractivity contribution is 7.98. The topological polar surface area (TPSA) is 26.0 Å². The summed E-state index contributed by atoms with van der Waals surface area (Å²) in [7, 11) is 0. The van der Waals surface area contributed by atoms with Crippen LogP contribution in [0.4, 0.5) is 0 Å². The van der Waals surface area contributed by atoms with Gasteiger partial charge in [0.1, 0.15) is 0 Å². The van der Waals surface area contributed by atoms with Gasteiger partial charge in [0.25, 0.3) is 0 Å². The van der Waals surface area contributed by atoms with Crippen LogP contribution in [0.25, 0.3) is 0 Å². The smallest absolute Gasteiger partial charge is 0.0391 e. The van der Waals surface area contributed by atoms with Gasteiger partial charge in [-0.25, -0.2) is 0 Å². The van der Waals surface area contributed by atoms with Crippen molar-refractivity contribution in [3.63, 3.8) is 0 Å². The van der Waals surface area contributed by atoms with Crippen LogP contribution in [-0.2, 0) is 0 Å². The van der Waals surface area contributed by atoms with E-state index in [0.717, 1.165) is 5.75 Å². The molecule has 78 valence electrons. The fourth-order valence-electron chi connectivity index (χ4n) is 2.04. The molecule has 0 amide bonds. The van der Waals surface area contributed by atoms with E-state index in [2.05, 4.69) is 39.2 Å². The molecule has 0 radical (unpaired) electrons. The minimum atomic E-state index is 0.172. The number of benzene rings is 1. The summed E-state index contributed by atoms with van der Waals surface area (Å²) in [5.74, 6) is 0.991. The molecule has 0 saturated carbocycles. The molecule has 1 aromatic rings. The molecule has 2 heteroatoms. The van der Waals surface area contributed by atoms with Crippen molar-refractivity contribution in [3.05, 3.63) is 34.4 Å².